The highest BCUT2D eigenvalue weighted by Crippen LogP contribution is 2.33. The van der Waals surface area contributed by atoms with Crippen molar-refractivity contribution in [2.75, 3.05) is 5.32 Å². The Kier molecular flexibility index (Phi) is 5.12. The summed E-state index contributed by atoms with van der Waals surface area (Å²) in [7, 11) is 0. The fourth-order valence-electron chi connectivity index (χ4n) is 2.71. The fraction of sp³-hybridized carbons (Fsp3) is 0.500. The van der Waals surface area contributed by atoms with Gasteiger partial charge in [-0.3, -0.25) is 0 Å². The van der Waals surface area contributed by atoms with E-state index in [-0.39, 0.29) is 23.1 Å². The van der Waals surface area contributed by atoms with Gasteiger partial charge in [-0.15, -0.1) is 0 Å². The van der Waals surface area contributed by atoms with Crippen LogP contribution in [0.25, 0.3) is 0 Å². The molecule has 0 spiro atoms. The van der Waals surface area contributed by atoms with Gasteiger partial charge >= 0.3 is 5.97 Å². The van der Waals surface area contributed by atoms with Crippen molar-refractivity contribution in [3.05, 3.63) is 28.9 Å². The average molecular weight is 314 g/mol. The number of halogens is 2. The van der Waals surface area contributed by atoms with E-state index in [2.05, 4.69) is 15.3 Å². The normalized spacial score (nSPS) is 24.0. The minimum absolute atomic E-state index is 0.0255. The Bertz CT molecular complexity index is 565. The quantitative estimate of drug-likeness (QED) is 0.659. The average Bonchev–Trinajstić information content (AvgIpc) is 2.42. The van der Waals surface area contributed by atoms with Gasteiger partial charge in [0.2, 0.25) is 5.28 Å². The molecule has 1 heterocycles. The third kappa shape index (κ3) is 4.14. The van der Waals surface area contributed by atoms with E-state index in [4.69, 9.17) is 16.7 Å². The third-order valence-corrected chi connectivity index (χ3v) is 3.91. The molecule has 1 fully saturated rings. The predicted molar refractivity (Wildman–Crippen MR) is 77.8 cm³/mol. The van der Waals surface area contributed by atoms with Crippen LogP contribution in [-0.4, -0.2) is 27.1 Å². The Morgan fingerprint density at radius 3 is 3.05 bits per heavy atom. The van der Waals surface area contributed by atoms with Crippen molar-refractivity contribution in [1.29, 1.82) is 0 Å². The lowest BCUT2D eigenvalue weighted by Gasteiger charge is -2.31. The van der Waals surface area contributed by atoms with Crippen molar-refractivity contribution in [2.24, 2.45) is 5.92 Å². The number of carbonyl (C=O) groups is 1. The molecule has 7 heteroatoms. The van der Waals surface area contributed by atoms with Crippen LogP contribution in [-0.2, 0) is 4.79 Å². The van der Waals surface area contributed by atoms with Crippen LogP contribution in [0.3, 0.4) is 0 Å². The minimum Gasteiger partial charge on any atom is -0.478 e. The minimum atomic E-state index is -0.944. The molecule has 1 aliphatic rings. The lowest BCUT2D eigenvalue weighted by molar-refractivity contribution is -0.131. The third-order valence-electron chi connectivity index (χ3n) is 3.73. The summed E-state index contributed by atoms with van der Waals surface area (Å²) >= 11 is 5.66. The van der Waals surface area contributed by atoms with Crippen LogP contribution < -0.4 is 5.32 Å². The first-order valence-electron chi connectivity index (χ1n) is 6.87. The topological polar surface area (TPSA) is 75.1 Å². The Morgan fingerprint density at radius 2 is 2.38 bits per heavy atom. The number of carboxylic acid groups (broad SMARTS) is 1. The van der Waals surface area contributed by atoms with Gasteiger partial charge in [0.15, 0.2) is 11.6 Å². The van der Waals surface area contributed by atoms with Crippen LogP contribution in [0.4, 0.5) is 10.2 Å². The van der Waals surface area contributed by atoms with Crippen LogP contribution >= 0.6 is 11.6 Å². The molecule has 2 N–H and O–H groups in total. The van der Waals surface area contributed by atoms with E-state index in [0.29, 0.717) is 6.42 Å². The van der Waals surface area contributed by atoms with E-state index in [9.17, 15) is 9.18 Å². The molecule has 0 aromatic carbocycles. The zero-order chi connectivity index (χ0) is 15.4. The molecule has 21 heavy (non-hydrogen) atoms. The standard InChI is InChI=1S/C14H17ClFN3O2/c1-2-8-3-4-10(5-9(8)6-12(20)21)18-13-11(16)7-17-14(15)19-13/h6-8,10H,2-5H2,1H3,(H,20,21)(H,17,18,19). The molecule has 0 radical (unpaired) electrons. The summed E-state index contributed by atoms with van der Waals surface area (Å²) in [5, 5.41) is 11.9. The molecule has 114 valence electrons. The molecule has 1 aliphatic carbocycles. The van der Waals surface area contributed by atoms with E-state index in [1.807, 2.05) is 6.92 Å². The highest BCUT2D eigenvalue weighted by atomic mass is 35.5. The van der Waals surface area contributed by atoms with Crippen molar-refractivity contribution in [3.8, 4) is 0 Å². The van der Waals surface area contributed by atoms with Crippen LogP contribution in [0.1, 0.15) is 32.6 Å². The first-order chi connectivity index (χ1) is 9.99. The van der Waals surface area contributed by atoms with Crippen molar-refractivity contribution in [3.63, 3.8) is 0 Å². The number of anilines is 1. The Labute approximate surface area is 127 Å². The zero-order valence-corrected chi connectivity index (χ0v) is 12.4. The maximum Gasteiger partial charge on any atom is 0.328 e. The van der Waals surface area contributed by atoms with Crippen LogP contribution in [0, 0.1) is 11.7 Å². The number of nitrogens with one attached hydrogen (secondary N) is 1. The molecule has 5 nitrogen and oxygen atoms in total. The number of nitrogens with zero attached hydrogens (tertiary/aromatic N) is 2. The lowest BCUT2D eigenvalue weighted by atomic mass is 9.80. The monoisotopic (exact) mass is 313 g/mol. The predicted octanol–water partition coefficient (Wildman–Crippen LogP) is 3.27. The molecule has 0 saturated heterocycles. The van der Waals surface area contributed by atoms with Crippen LogP contribution in [0.2, 0.25) is 5.28 Å². The van der Waals surface area contributed by atoms with Gasteiger partial charge in [0.25, 0.3) is 0 Å². The summed E-state index contributed by atoms with van der Waals surface area (Å²) < 4.78 is 13.6. The molecular formula is C14H17ClFN3O2. The number of aromatic nitrogens is 2. The lowest BCUT2D eigenvalue weighted by Crippen LogP contribution is -2.29. The zero-order valence-electron chi connectivity index (χ0n) is 11.6. The van der Waals surface area contributed by atoms with Gasteiger partial charge in [0, 0.05) is 12.1 Å². The number of hydrogen-bond acceptors (Lipinski definition) is 4. The van der Waals surface area contributed by atoms with Crippen molar-refractivity contribution in [2.45, 2.75) is 38.6 Å². The molecule has 2 atom stereocenters. The maximum absolute atomic E-state index is 13.6. The van der Waals surface area contributed by atoms with E-state index in [1.54, 1.807) is 0 Å². The van der Waals surface area contributed by atoms with Gasteiger partial charge in [-0.25, -0.2) is 14.2 Å². The van der Waals surface area contributed by atoms with Crippen molar-refractivity contribution < 1.29 is 14.3 Å². The van der Waals surface area contributed by atoms with Gasteiger partial charge < -0.3 is 10.4 Å². The summed E-state index contributed by atoms with van der Waals surface area (Å²) in [6.45, 7) is 2.04. The summed E-state index contributed by atoms with van der Waals surface area (Å²) in [6, 6.07) is -0.0566. The fourth-order valence-corrected chi connectivity index (χ4v) is 2.84. The second kappa shape index (κ2) is 6.85. The second-order valence-corrected chi connectivity index (χ2v) is 5.46. The van der Waals surface area contributed by atoms with Gasteiger partial charge in [0.1, 0.15) is 0 Å². The van der Waals surface area contributed by atoms with E-state index in [1.165, 1.54) is 6.08 Å². The molecular weight excluding hydrogens is 297 g/mol. The van der Waals surface area contributed by atoms with Crippen molar-refractivity contribution in [1.82, 2.24) is 9.97 Å². The molecule has 0 aliphatic heterocycles. The molecule has 0 bridgehead atoms. The Hall–Kier alpha value is -1.69. The first-order valence-corrected chi connectivity index (χ1v) is 7.25. The number of carboxylic acids is 1. The number of aliphatic carboxylic acids is 1. The summed E-state index contributed by atoms with van der Waals surface area (Å²) in [4.78, 5) is 18.3. The molecule has 1 aromatic heterocycles. The second-order valence-electron chi connectivity index (χ2n) is 5.12. The molecule has 2 unspecified atom stereocenters. The summed E-state index contributed by atoms with van der Waals surface area (Å²) in [6.07, 6.45) is 5.45. The summed E-state index contributed by atoms with van der Waals surface area (Å²) in [5.74, 6) is -1.18. The Morgan fingerprint density at radius 1 is 1.62 bits per heavy atom. The van der Waals surface area contributed by atoms with Crippen molar-refractivity contribution >= 4 is 23.4 Å². The molecule has 1 aromatic rings. The SMILES string of the molecule is CCC1CCC(Nc2nc(Cl)ncc2F)CC1=CC(=O)O. The van der Waals surface area contributed by atoms with E-state index >= 15 is 0 Å². The smallest absolute Gasteiger partial charge is 0.328 e. The first kappa shape index (κ1) is 15.7. The van der Waals surface area contributed by atoms with E-state index < -0.39 is 11.8 Å². The molecule has 2 rings (SSSR count). The Balaban J connectivity index is 2.11. The van der Waals surface area contributed by atoms with Crippen LogP contribution in [0.5, 0.6) is 0 Å². The highest BCUT2D eigenvalue weighted by Gasteiger charge is 2.26. The number of rotatable bonds is 4. The number of hydrogen-bond donors (Lipinski definition) is 2. The largest absolute Gasteiger partial charge is 0.478 e. The summed E-state index contributed by atoms with van der Waals surface area (Å²) in [5.41, 5.74) is 0.884. The maximum atomic E-state index is 13.6. The van der Waals surface area contributed by atoms with E-state index in [0.717, 1.165) is 31.0 Å². The van der Waals surface area contributed by atoms with Crippen LogP contribution in [0.15, 0.2) is 17.8 Å². The van der Waals surface area contributed by atoms with Gasteiger partial charge in [-0.2, -0.15) is 4.98 Å². The van der Waals surface area contributed by atoms with Gasteiger partial charge in [0.05, 0.1) is 6.20 Å². The van der Waals surface area contributed by atoms with Gasteiger partial charge in [-0.05, 0) is 43.2 Å². The molecule has 0 amide bonds. The molecule has 1 saturated carbocycles. The van der Waals surface area contributed by atoms with Gasteiger partial charge in [-0.1, -0.05) is 12.5 Å². The highest BCUT2D eigenvalue weighted by molar-refractivity contribution is 6.28.